The minimum atomic E-state index is -0.209. The summed E-state index contributed by atoms with van der Waals surface area (Å²) in [7, 11) is 0. The number of hydrogen-bond donors (Lipinski definition) is 4. The number of aromatic amines is 1. The van der Waals surface area contributed by atoms with Gasteiger partial charge < -0.3 is 15.6 Å². The molecule has 1 fully saturated rings. The molecule has 5 N–H and O–H groups in total. The molecule has 0 atom stereocenters. The molecule has 3 heterocycles. The first-order chi connectivity index (χ1) is 13.0. The molecule has 0 radical (unpaired) electrons. The van der Waals surface area contributed by atoms with Crippen molar-refractivity contribution in [3.8, 4) is 0 Å². The van der Waals surface area contributed by atoms with E-state index in [1.54, 1.807) is 6.20 Å². The number of imidazole rings is 1. The molecule has 4 rings (SSSR count). The van der Waals surface area contributed by atoms with Crippen LogP contribution in [0.4, 0.5) is 5.82 Å². The molecule has 0 unspecified atom stereocenters. The van der Waals surface area contributed by atoms with Gasteiger partial charge in [0.15, 0.2) is 17.3 Å². The number of anilines is 1. The lowest BCUT2D eigenvalue weighted by Crippen LogP contribution is -2.42. The van der Waals surface area contributed by atoms with E-state index in [0.29, 0.717) is 18.9 Å². The first kappa shape index (κ1) is 17.1. The number of nitrogen functional groups attached to an aromatic ring is 1. The number of piperidine rings is 1. The summed E-state index contributed by atoms with van der Waals surface area (Å²) >= 11 is 0. The van der Waals surface area contributed by atoms with Crippen LogP contribution in [-0.4, -0.2) is 38.2 Å². The minimum Gasteiger partial charge on any atom is -0.369 e. The topological polar surface area (TPSA) is 133 Å². The summed E-state index contributed by atoms with van der Waals surface area (Å²) in [4.78, 5) is 21.7. The average molecular weight is 366 g/mol. The van der Waals surface area contributed by atoms with Crippen LogP contribution in [0.3, 0.4) is 0 Å². The van der Waals surface area contributed by atoms with E-state index in [1.165, 1.54) is 10.8 Å². The predicted molar refractivity (Wildman–Crippen MR) is 103 cm³/mol. The van der Waals surface area contributed by atoms with Gasteiger partial charge >= 0.3 is 5.69 Å². The molecule has 1 saturated heterocycles. The normalized spacial score (nSPS) is 15.4. The third kappa shape index (κ3) is 2.90. The Morgan fingerprint density at radius 3 is 2.78 bits per heavy atom. The van der Waals surface area contributed by atoms with Crippen molar-refractivity contribution in [3.05, 3.63) is 52.1 Å². The van der Waals surface area contributed by atoms with E-state index < -0.39 is 0 Å². The lowest BCUT2D eigenvalue weighted by atomic mass is 10.0. The SMILES string of the molecule is Cc1ccc2c(c1)[nH]c(=O)n2C1CCN(c2nccn(C(=N)N)c2=N)CC1. The molecule has 140 valence electrons. The van der Waals surface area contributed by atoms with Crippen molar-refractivity contribution < 1.29 is 0 Å². The number of aryl methyl sites for hydroxylation is 1. The standard InChI is InChI=1S/C18H22N8O/c1-11-2-3-14-13(10-11)23-18(27)26(14)12-4-7-24(8-5-12)16-15(19)25(17(20)21)9-6-22-16/h2-3,6,9-10,12,19H,4-5,7-8H2,1H3,(H3,20,21)(H,23,27). The second kappa shape index (κ2) is 6.42. The third-order valence-corrected chi connectivity index (χ3v) is 5.13. The zero-order chi connectivity index (χ0) is 19.1. The maximum Gasteiger partial charge on any atom is 0.326 e. The smallest absolute Gasteiger partial charge is 0.326 e. The number of nitrogens with zero attached hydrogens (tertiary/aromatic N) is 4. The molecule has 9 heteroatoms. The average Bonchev–Trinajstić information content (AvgIpc) is 2.96. The van der Waals surface area contributed by atoms with Gasteiger partial charge in [0.2, 0.25) is 0 Å². The maximum absolute atomic E-state index is 12.5. The Bertz CT molecular complexity index is 1130. The zero-order valence-electron chi connectivity index (χ0n) is 15.1. The van der Waals surface area contributed by atoms with Gasteiger partial charge in [-0.3, -0.25) is 20.0 Å². The first-order valence-corrected chi connectivity index (χ1v) is 8.88. The molecule has 1 aromatic carbocycles. The molecule has 9 nitrogen and oxygen atoms in total. The largest absolute Gasteiger partial charge is 0.369 e. The minimum absolute atomic E-state index is 0.0810. The van der Waals surface area contributed by atoms with Crippen LogP contribution in [0.25, 0.3) is 11.0 Å². The Labute approximate surface area is 155 Å². The van der Waals surface area contributed by atoms with E-state index in [2.05, 4.69) is 9.97 Å². The van der Waals surface area contributed by atoms with Gasteiger partial charge in [-0.25, -0.2) is 9.78 Å². The molecule has 0 bridgehead atoms. The molecule has 0 spiro atoms. The number of nitrogens with two attached hydrogens (primary N) is 1. The van der Waals surface area contributed by atoms with Crippen molar-refractivity contribution in [2.45, 2.75) is 25.8 Å². The Kier molecular flexibility index (Phi) is 4.06. The molecule has 0 aliphatic carbocycles. The fourth-order valence-electron chi connectivity index (χ4n) is 3.79. The monoisotopic (exact) mass is 366 g/mol. The fourth-order valence-corrected chi connectivity index (χ4v) is 3.79. The van der Waals surface area contributed by atoms with Crippen LogP contribution < -0.4 is 21.8 Å². The Balaban J connectivity index is 1.60. The first-order valence-electron chi connectivity index (χ1n) is 8.88. The molecule has 0 saturated carbocycles. The van der Waals surface area contributed by atoms with E-state index in [4.69, 9.17) is 16.6 Å². The van der Waals surface area contributed by atoms with E-state index in [0.717, 1.165) is 29.4 Å². The van der Waals surface area contributed by atoms with Crippen LogP contribution in [0.2, 0.25) is 0 Å². The van der Waals surface area contributed by atoms with E-state index in [-0.39, 0.29) is 23.2 Å². The van der Waals surface area contributed by atoms with Crippen LogP contribution in [0.5, 0.6) is 0 Å². The summed E-state index contributed by atoms with van der Waals surface area (Å²) in [5.74, 6) is 0.298. The van der Waals surface area contributed by atoms with E-state index in [9.17, 15) is 4.79 Å². The second-order valence-corrected chi connectivity index (χ2v) is 6.89. The summed E-state index contributed by atoms with van der Waals surface area (Å²) in [5.41, 5.74) is 8.44. The van der Waals surface area contributed by atoms with Crippen molar-refractivity contribution in [2.24, 2.45) is 5.73 Å². The molecular weight excluding hydrogens is 344 g/mol. The zero-order valence-corrected chi connectivity index (χ0v) is 15.1. The molecule has 0 amide bonds. The Hall–Kier alpha value is -3.36. The molecule has 1 aliphatic rings. The highest BCUT2D eigenvalue weighted by atomic mass is 16.1. The highest BCUT2D eigenvalue weighted by molar-refractivity contribution is 5.77. The molecule has 27 heavy (non-hydrogen) atoms. The highest BCUT2D eigenvalue weighted by Crippen LogP contribution is 2.26. The van der Waals surface area contributed by atoms with Crippen molar-refractivity contribution in [1.82, 2.24) is 19.1 Å². The van der Waals surface area contributed by atoms with Gasteiger partial charge in [-0.05, 0) is 37.5 Å². The molecular formula is C18H22N8O. The lowest BCUT2D eigenvalue weighted by Gasteiger charge is -2.33. The predicted octanol–water partition coefficient (Wildman–Crippen LogP) is 0.897. The van der Waals surface area contributed by atoms with Crippen molar-refractivity contribution in [1.29, 1.82) is 10.8 Å². The number of aromatic nitrogens is 4. The van der Waals surface area contributed by atoms with Gasteiger partial charge in [-0.2, -0.15) is 0 Å². The van der Waals surface area contributed by atoms with Gasteiger partial charge in [-0.15, -0.1) is 0 Å². The number of H-pyrrole nitrogens is 1. The number of fused-ring (bicyclic) bond motifs is 1. The van der Waals surface area contributed by atoms with Gasteiger partial charge in [0.1, 0.15) is 0 Å². The Morgan fingerprint density at radius 1 is 1.33 bits per heavy atom. The third-order valence-electron chi connectivity index (χ3n) is 5.13. The van der Waals surface area contributed by atoms with Gasteiger partial charge in [0.05, 0.1) is 11.0 Å². The number of nitrogens with one attached hydrogen (secondary N) is 3. The molecule has 2 aromatic heterocycles. The van der Waals surface area contributed by atoms with Crippen molar-refractivity contribution >= 4 is 22.8 Å². The summed E-state index contributed by atoms with van der Waals surface area (Å²) in [6.45, 7) is 3.36. The number of benzene rings is 1. The van der Waals surface area contributed by atoms with E-state index in [1.807, 2.05) is 34.6 Å². The summed E-state index contributed by atoms with van der Waals surface area (Å²) in [6, 6.07) is 6.10. The summed E-state index contributed by atoms with van der Waals surface area (Å²) in [5, 5.41) is 15.8. The van der Waals surface area contributed by atoms with Crippen LogP contribution in [-0.2, 0) is 0 Å². The summed E-state index contributed by atoms with van der Waals surface area (Å²) in [6.07, 6.45) is 4.61. The molecule has 3 aromatic rings. The van der Waals surface area contributed by atoms with Crippen molar-refractivity contribution in [3.63, 3.8) is 0 Å². The van der Waals surface area contributed by atoms with Crippen LogP contribution in [0.1, 0.15) is 24.4 Å². The summed E-state index contributed by atoms with van der Waals surface area (Å²) < 4.78 is 3.14. The van der Waals surface area contributed by atoms with Crippen LogP contribution >= 0.6 is 0 Å². The van der Waals surface area contributed by atoms with Gasteiger partial charge in [-0.1, -0.05) is 6.07 Å². The van der Waals surface area contributed by atoms with Gasteiger partial charge in [0.25, 0.3) is 0 Å². The highest BCUT2D eigenvalue weighted by Gasteiger charge is 2.25. The van der Waals surface area contributed by atoms with Gasteiger partial charge in [0, 0.05) is 31.5 Å². The maximum atomic E-state index is 12.5. The quantitative estimate of drug-likeness (QED) is 0.396. The number of rotatable bonds is 2. The van der Waals surface area contributed by atoms with Crippen molar-refractivity contribution in [2.75, 3.05) is 18.0 Å². The Morgan fingerprint density at radius 2 is 2.07 bits per heavy atom. The van der Waals surface area contributed by atoms with E-state index >= 15 is 0 Å². The molecule has 1 aliphatic heterocycles. The lowest BCUT2D eigenvalue weighted by molar-refractivity contribution is 0.394. The fraction of sp³-hybridized carbons (Fsp3) is 0.333. The second-order valence-electron chi connectivity index (χ2n) is 6.89. The van der Waals surface area contributed by atoms with Crippen LogP contribution in [0, 0.1) is 17.7 Å². The number of hydrogen-bond acceptors (Lipinski definition) is 5. The van der Waals surface area contributed by atoms with Crippen LogP contribution in [0.15, 0.2) is 35.4 Å².